The summed E-state index contributed by atoms with van der Waals surface area (Å²) in [6.45, 7) is 0. The molecule has 0 amide bonds. The Kier molecular flexibility index (Phi) is 4.38. The van der Waals surface area contributed by atoms with Gasteiger partial charge in [0.25, 0.3) is 0 Å². The molecule has 0 spiro atoms. The van der Waals surface area contributed by atoms with Crippen LogP contribution in [-0.2, 0) is 0 Å². The second-order valence-corrected chi connectivity index (χ2v) is 5.02. The molecule has 7 heteroatoms. The predicted octanol–water partition coefficient (Wildman–Crippen LogP) is 4.14. The molecule has 2 rings (SSSR count). The summed E-state index contributed by atoms with van der Waals surface area (Å²) in [6, 6.07) is 8.91. The summed E-state index contributed by atoms with van der Waals surface area (Å²) in [4.78, 5) is 10.2. The minimum Gasteiger partial charge on any atom is -0.494 e. The van der Waals surface area contributed by atoms with E-state index in [0.29, 0.717) is 5.75 Å². The second kappa shape index (κ2) is 6.04. The molecule has 0 unspecified atom stereocenters. The van der Waals surface area contributed by atoms with Gasteiger partial charge in [-0.3, -0.25) is 10.1 Å². The molecule has 104 valence electrons. The van der Waals surface area contributed by atoms with E-state index in [1.54, 1.807) is 18.2 Å². The predicted molar refractivity (Wildman–Crippen MR) is 78.8 cm³/mol. The maximum absolute atomic E-state index is 13.5. The highest BCUT2D eigenvalue weighted by atomic mass is 127. The Morgan fingerprint density at radius 2 is 2.00 bits per heavy atom. The molecule has 0 saturated heterocycles. The van der Waals surface area contributed by atoms with Gasteiger partial charge < -0.3 is 9.47 Å². The Labute approximate surface area is 127 Å². The number of rotatable bonds is 4. The van der Waals surface area contributed by atoms with Crippen LogP contribution in [0.5, 0.6) is 17.2 Å². The van der Waals surface area contributed by atoms with Crippen LogP contribution in [0.25, 0.3) is 0 Å². The molecule has 0 radical (unpaired) electrons. The molecule has 0 aromatic heterocycles. The Balaban J connectivity index is 2.46. The summed E-state index contributed by atoms with van der Waals surface area (Å²) in [5, 5.41) is 10.9. The van der Waals surface area contributed by atoms with E-state index in [2.05, 4.69) is 22.6 Å². The third-order valence-corrected chi connectivity index (χ3v) is 3.12. The van der Waals surface area contributed by atoms with Crippen LogP contribution >= 0.6 is 22.6 Å². The summed E-state index contributed by atoms with van der Waals surface area (Å²) < 4.78 is 24.7. The Hall–Kier alpha value is -1.90. The molecular weight excluding hydrogens is 380 g/mol. The first kappa shape index (κ1) is 14.5. The van der Waals surface area contributed by atoms with Crippen LogP contribution in [0.2, 0.25) is 0 Å². The van der Waals surface area contributed by atoms with Crippen molar-refractivity contribution in [2.75, 3.05) is 7.11 Å². The molecule has 0 aliphatic heterocycles. The first-order valence-electron chi connectivity index (χ1n) is 5.46. The van der Waals surface area contributed by atoms with Gasteiger partial charge in [0.2, 0.25) is 5.75 Å². The van der Waals surface area contributed by atoms with Gasteiger partial charge in [0, 0.05) is 9.64 Å². The fourth-order valence-corrected chi connectivity index (χ4v) is 2.08. The van der Waals surface area contributed by atoms with Crippen LogP contribution < -0.4 is 9.47 Å². The maximum Gasteiger partial charge on any atom is 0.314 e. The number of nitro benzene ring substituents is 1. The molecule has 0 N–H and O–H groups in total. The molecule has 0 aliphatic carbocycles. The van der Waals surface area contributed by atoms with Crippen LogP contribution in [0.3, 0.4) is 0 Å². The van der Waals surface area contributed by atoms with Gasteiger partial charge in [0.05, 0.1) is 18.1 Å². The van der Waals surface area contributed by atoms with Gasteiger partial charge >= 0.3 is 5.69 Å². The van der Waals surface area contributed by atoms with Crippen LogP contribution in [0.4, 0.5) is 10.1 Å². The minimum atomic E-state index is -0.811. The summed E-state index contributed by atoms with van der Waals surface area (Å²) in [7, 11) is 1.28. The molecule has 2 aromatic carbocycles. The van der Waals surface area contributed by atoms with E-state index < -0.39 is 16.4 Å². The fraction of sp³-hybridized carbons (Fsp3) is 0.0769. The van der Waals surface area contributed by atoms with Crippen LogP contribution in [0.1, 0.15) is 0 Å². The van der Waals surface area contributed by atoms with Crippen molar-refractivity contribution in [1.29, 1.82) is 0 Å². The van der Waals surface area contributed by atoms with Crippen molar-refractivity contribution in [3.05, 3.63) is 55.9 Å². The number of methoxy groups -OCH3 is 1. The summed E-state index contributed by atoms with van der Waals surface area (Å²) in [5.41, 5.74) is -0.456. The molecule has 0 saturated carbocycles. The van der Waals surface area contributed by atoms with Crippen molar-refractivity contribution in [3.8, 4) is 17.2 Å². The van der Waals surface area contributed by atoms with Crippen molar-refractivity contribution in [3.63, 3.8) is 0 Å². The monoisotopic (exact) mass is 389 g/mol. The summed E-state index contributed by atoms with van der Waals surface area (Å²) >= 11 is 2.09. The lowest BCUT2D eigenvalue weighted by molar-refractivity contribution is -0.385. The summed E-state index contributed by atoms with van der Waals surface area (Å²) in [5.74, 6) is -0.575. The third kappa shape index (κ3) is 3.16. The van der Waals surface area contributed by atoms with Crippen LogP contribution in [0, 0.1) is 19.5 Å². The number of hydrogen-bond donors (Lipinski definition) is 0. The second-order valence-electron chi connectivity index (χ2n) is 3.77. The zero-order valence-corrected chi connectivity index (χ0v) is 12.5. The van der Waals surface area contributed by atoms with Crippen LogP contribution in [0.15, 0.2) is 36.4 Å². The van der Waals surface area contributed by atoms with E-state index in [-0.39, 0.29) is 11.5 Å². The number of nitro groups is 1. The first-order chi connectivity index (χ1) is 9.51. The molecule has 0 heterocycles. The first-order valence-corrected chi connectivity index (χ1v) is 6.54. The van der Waals surface area contributed by atoms with Crippen molar-refractivity contribution < 1.29 is 18.8 Å². The third-order valence-electron chi connectivity index (χ3n) is 2.45. The van der Waals surface area contributed by atoms with Gasteiger partial charge in [-0.15, -0.1) is 0 Å². The molecule has 0 aliphatic rings. The highest BCUT2D eigenvalue weighted by Crippen LogP contribution is 2.36. The molecular formula is C13H9FINO4. The number of hydrogen-bond acceptors (Lipinski definition) is 4. The smallest absolute Gasteiger partial charge is 0.314 e. The summed E-state index contributed by atoms with van der Waals surface area (Å²) in [6.07, 6.45) is 0. The molecule has 5 nitrogen and oxygen atoms in total. The Morgan fingerprint density at radius 3 is 2.60 bits per heavy atom. The van der Waals surface area contributed by atoms with E-state index in [1.807, 2.05) is 6.07 Å². The van der Waals surface area contributed by atoms with Crippen molar-refractivity contribution in [1.82, 2.24) is 0 Å². The Morgan fingerprint density at radius 1 is 1.25 bits per heavy atom. The van der Waals surface area contributed by atoms with E-state index >= 15 is 0 Å². The normalized spacial score (nSPS) is 10.2. The molecule has 0 fully saturated rings. The van der Waals surface area contributed by atoms with E-state index in [0.717, 1.165) is 15.7 Å². The molecule has 2 aromatic rings. The van der Waals surface area contributed by atoms with Gasteiger partial charge in [0.15, 0.2) is 11.6 Å². The average molecular weight is 389 g/mol. The molecule has 20 heavy (non-hydrogen) atoms. The van der Waals surface area contributed by atoms with E-state index in [4.69, 9.17) is 9.47 Å². The standard InChI is InChI=1S/C13H9FINO4/c1-19-12-7-13(11(16(17)18)6-10(12)14)20-9-4-2-3-8(15)5-9/h2-7H,1H3. The maximum atomic E-state index is 13.5. The quantitative estimate of drug-likeness (QED) is 0.448. The molecule has 0 bridgehead atoms. The highest BCUT2D eigenvalue weighted by Gasteiger charge is 2.21. The van der Waals surface area contributed by atoms with Gasteiger partial charge in [-0.05, 0) is 40.8 Å². The number of ether oxygens (including phenoxy) is 2. The topological polar surface area (TPSA) is 61.6 Å². The van der Waals surface area contributed by atoms with E-state index in [9.17, 15) is 14.5 Å². The lowest BCUT2D eigenvalue weighted by Gasteiger charge is -2.09. The highest BCUT2D eigenvalue weighted by molar-refractivity contribution is 14.1. The SMILES string of the molecule is COc1cc(Oc2cccc(I)c2)c([N+](=O)[O-])cc1F. The fourth-order valence-electron chi connectivity index (χ4n) is 1.56. The zero-order chi connectivity index (χ0) is 14.7. The molecule has 0 atom stereocenters. The number of nitrogens with zero attached hydrogens (tertiary/aromatic N) is 1. The largest absolute Gasteiger partial charge is 0.494 e. The van der Waals surface area contributed by atoms with Crippen molar-refractivity contribution in [2.45, 2.75) is 0 Å². The van der Waals surface area contributed by atoms with Crippen molar-refractivity contribution >= 4 is 28.3 Å². The number of benzene rings is 2. The lowest BCUT2D eigenvalue weighted by atomic mass is 10.2. The van der Waals surface area contributed by atoms with Gasteiger partial charge in [-0.1, -0.05) is 6.07 Å². The van der Waals surface area contributed by atoms with Crippen LogP contribution in [-0.4, -0.2) is 12.0 Å². The zero-order valence-electron chi connectivity index (χ0n) is 10.3. The minimum absolute atomic E-state index is 0.0738. The van der Waals surface area contributed by atoms with E-state index in [1.165, 1.54) is 7.11 Å². The van der Waals surface area contributed by atoms with Gasteiger partial charge in [0.1, 0.15) is 5.75 Å². The average Bonchev–Trinajstić information content (AvgIpc) is 2.40. The van der Waals surface area contributed by atoms with Gasteiger partial charge in [-0.25, -0.2) is 4.39 Å². The lowest BCUT2D eigenvalue weighted by Crippen LogP contribution is -1.97. The van der Waals surface area contributed by atoms with Gasteiger partial charge in [-0.2, -0.15) is 0 Å². The van der Waals surface area contributed by atoms with Crippen molar-refractivity contribution in [2.24, 2.45) is 0 Å². The number of halogens is 2. The Bertz CT molecular complexity index is 663.